The van der Waals surface area contributed by atoms with Gasteiger partial charge in [-0.25, -0.2) is 0 Å². The third-order valence-electron chi connectivity index (χ3n) is 2.80. The second kappa shape index (κ2) is 5.83. The van der Waals surface area contributed by atoms with Crippen molar-refractivity contribution in [2.45, 2.75) is 12.4 Å². The third-order valence-corrected chi connectivity index (χ3v) is 3.11. The van der Waals surface area contributed by atoms with Crippen molar-refractivity contribution < 1.29 is 23.0 Å². The van der Waals surface area contributed by atoms with Gasteiger partial charge in [0.2, 0.25) is 0 Å². The highest BCUT2D eigenvalue weighted by atomic mass is 35.5. The van der Waals surface area contributed by atoms with Crippen molar-refractivity contribution in [2.75, 3.05) is 0 Å². The molecule has 0 aliphatic heterocycles. The van der Waals surface area contributed by atoms with Crippen molar-refractivity contribution in [3.63, 3.8) is 0 Å². The Balaban J connectivity index is 2.19. The summed E-state index contributed by atoms with van der Waals surface area (Å²) in [4.78, 5) is 0. The SMILES string of the molecule is N[C@@H](c1ccc(OC(F)(F)F)cc1)c1ccc(O)c(Cl)c1. The molecule has 0 saturated carbocycles. The lowest BCUT2D eigenvalue weighted by Crippen LogP contribution is -2.17. The molecular formula is C14H11ClF3NO2. The van der Waals surface area contributed by atoms with Gasteiger partial charge in [0.05, 0.1) is 11.1 Å². The van der Waals surface area contributed by atoms with E-state index in [9.17, 15) is 18.3 Å². The molecule has 0 spiro atoms. The van der Waals surface area contributed by atoms with Crippen molar-refractivity contribution in [3.8, 4) is 11.5 Å². The number of phenols is 1. The molecule has 0 radical (unpaired) electrons. The second-order valence-electron chi connectivity index (χ2n) is 4.31. The summed E-state index contributed by atoms with van der Waals surface area (Å²) in [5, 5.41) is 9.50. The van der Waals surface area contributed by atoms with Crippen molar-refractivity contribution in [1.29, 1.82) is 0 Å². The van der Waals surface area contributed by atoms with Gasteiger partial charge in [0.25, 0.3) is 0 Å². The zero-order chi connectivity index (χ0) is 15.6. The smallest absolute Gasteiger partial charge is 0.506 e. The van der Waals surface area contributed by atoms with Crippen LogP contribution in [-0.2, 0) is 0 Å². The molecule has 0 amide bonds. The quantitative estimate of drug-likeness (QED) is 0.900. The number of hydrogen-bond donors (Lipinski definition) is 2. The molecule has 0 aromatic heterocycles. The first kappa shape index (κ1) is 15.5. The molecule has 0 aliphatic carbocycles. The van der Waals surface area contributed by atoms with E-state index in [0.29, 0.717) is 11.1 Å². The van der Waals surface area contributed by atoms with Gasteiger partial charge in [0.15, 0.2) is 0 Å². The average Bonchev–Trinajstić information content (AvgIpc) is 2.40. The zero-order valence-electron chi connectivity index (χ0n) is 10.6. The number of alkyl halides is 3. The lowest BCUT2D eigenvalue weighted by atomic mass is 9.99. The van der Waals surface area contributed by atoms with Gasteiger partial charge >= 0.3 is 6.36 Å². The van der Waals surface area contributed by atoms with Crippen molar-refractivity contribution in [1.82, 2.24) is 0 Å². The van der Waals surface area contributed by atoms with E-state index >= 15 is 0 Å². The summed E-state index contributed by atoms with van der Waals surface area (Å²) in [7, 11) is 0. The predicted molar refractivity (Wildman–Crippen MR) is 72.3 cm³/mol. The molecule has 0 bridgehead atoms. The minimum absolute atomic E-state index is 0.0680. The number of hydrogen-bond acceptors (Lipinski definition) is 3. The van der Waals surface area contributed by atoms with Gasteiger partial charge in [0, 0.05) is 0 Å². The lowest BCUT2D eigenvalue weighted by molar-refractivity contribution is -0.274. The van der Waals surface area contributed by atoms with E-state index in [2.05, 4.69) is 4.74 Å². The zero-order valence-corrected chi connectivity index (χ0v) is 11.3. The minimum Gasteiger partial charge on any atom is -0.506 e. The molecule has 0 fully saturated rings. The largest absolute Gasteiger partial charge is 0.573 e. The van der Waals surface area contributed by atoms with Gasteiger partial charge in [-0.15, -0.1) is 13.2 Å². The van der Waals surface area contributed by atoms with Crippen LogP contribution in [0.25, 0.3) is 0 Å². The molecule has 0 saturated heterocycles. The molecular weight excluding hydrogens is 307 g/mol. The first-order valence-corrected chi connectivity index (χ1v) is 6.24. The Hall–Kier alpha value is -1.92. The van der Waals surface area contributed by atoms with Crippen LogP contribution in [0, 0.1) is 0 Å². The van der Waals surface area contributed by atoms with Crippen LogP contribution in [0.4, 0.5) is 13.2 Å². The molecule has 1 atom stereocenters. The molecule has 2 rings (SSSR count). The molecule has 112 valence electrons. The number of phenolic OH excluding ortho intramolecular Hbond substituents is 1. The maximum Gasteiger partial charge on any atom is 0.573 e. The van der Waals surface area contributed by atoms with Crippen molar-refractivity contribution in [2.24, 2.45) is 5.73 Å². The van der Waals surface area contributed by atoms with E-state index in [1.54, 1.807) is 6.07 Å². The standard InChI is InChI=1S/C14H11ClF3NO2/c15-11-7-9(3-6-12(11)20)13(19)8-1-4-10(5-2-8)21-14(16,17)18/h1-7,13,20H,19H2/t13-/m0/s1. The predicted octanol–water partition coefficient (Wildman–Crippen LogP) is 3.99. The molecule has 2 aromatic rings. The van der Waals surface area contributed by atoms with E-state index in [-0.39, 0.29) is 16.5 Å². The fraction of sp³-hybridized carbons (Fsp3) is 0.143. The summed E-state index contributed by atoms with van der Waals surface area (Å²) < 4.78 is 40.0. The lowest BCUT2D eigenvalue weighted by Gasteiger charge is -2.14. The van der Waals surface area contributed by atoms with E-state index < -0.39 is 12.4 Å². The third kappa shape index (κ3) is 4.03. The summed E-state index contributed by atoms with van der Waals surface area (Å²) in [5.74, 6) is -0.385. The maximum absolute atomic E-state index is 12.1. The number of ether oxygens (including phenoxy) is 1. The Morgan fingerprint density at radius 1 is 1.05 bits per heavy atom. The van der Waals surface area contributed by atoms with Gasteiger partial charge < -0.3 is 15.6 Å². The fourth-order valence-corrected chi connectivity index (χ4v) is 1.97. The summed E-state index contributed by atoms with van der Waals surface area (Å²) in [6.45, 7) is 0. The van der Waals surface area contributed by atoms with Gasteiger partial charge in [-0.2, -0.15) is 0 Å². The molecule has 7 heteroatoms. The topological polar surface area (TPSA) is 55.5 Å². The van der Waals surface area contributed by atoms with Gasteiger partial charge in [-0.1, -0.05) is 29.8 Å². The average molecular weight is 318 g/mol. The summed E-state index contributed by atoms with van der Waals surface area (Å²) in [6, 6.07) is 9.16. The van der Waals surface area contributed by atoms with E-state index in [1.807, 2.05) is 0 Å². The fourth-order valence-electron chi connectivity index (χ4n) is 1.79. The Bertz CT molecular complexity index is 629. The van der Waals surface area contributed by atoms with Crippen LogP contribution in [0.3, 0.4) is 0 Å². The van der Waals surface area contributed by atoms with Crippen molar-refractivity contribution >= 4 is 11.6 Å². The highest BCUT2D eigenvalue weighted by Gasteiger charge is 2.31. The van der Waals surface area contributed by atoms with Crippen LogP contribution in [-0.4, -0.2) is 11.5 Å². The molecule has 0 aliphatic rings. The highest BCUT2D eigenvalue weighted by molar-refractivity contribution is 6.32. The van der Waals surface area contributed by atoms with Crippen molar-refractivity contribution in [3.05, 3.63) is 58.6 Å². The number of rotatable bonds is 3. The van der Waals surface area contributed by atoms with Crippen LogP contribution in [0.1, 0.15) is 17.2 Å². The van der Waals surface area contributed by atoms with E-state index in [0.717, 1.165) is 0 Å². The first-order chi connectivity index (χ1) is 9.76. The number of aromatic hydroxyl groups is 1. The molecule has 3 N–H and O–H groups in total. The number of nitrogens with two attached hydrogens (primary N) is 1. The van der Waals surface area contributed by atoms with Crippen LogP contribution in [0.15, 0.2) is 42.5 Å². The molecule has 0 heterocycles. The number of halogens is 4. The minimum atomic E-state index is -4.73. The van der Waals surface area contributed by atoms with E-state index in [1.165, 1.54) is 36.4 Å². The van der Waals surface area contributed by atoms with Gasteiger partial charge in [-0.05, 0) is 35.4 Å². The van der Waals surface area contributed by atoms with Gasteiger partial charge in [-0.3, -0.25) is 0 Å². The summed E-state index contributed by atoms with van der Waals surface area (Å²) >= 11 is 5.79. The summed E-state index contributed by atoms with van der Waals surface area (Å²) in [5.41, 5.74) is 7.23. The van der Waals surface area contributed by atoms with E-state index in [4.69, 9.17) is 17.3 Å². The van der Waals surface area contributed by atoms with Crippen LogP contribution < -0.4 is 10.5 Å². The summed E-state index contributed by atoms with van der Waals surface area (Å²) in [6.07, 6.45) is -4.73. The molecule has 0 unspecified atom stereocenters. The molecule has 21 heavy (non-hydrogen) atoms. The maximum atomic E-state index is 12.1. The molecule has 2 aromatic carbocycles. The Morgan fingerprint density at radius 3 is 2.14 bits per heavy atom. The van der Waals surface area contributed by atoms with Crippen LogP contribution in [0.2, 0.25) is 5.02 Å². The van der Waals surface area contributed by atoms with Gasteiger partial charge in [0.1, 0.15) is 11.5 Å². The Morgan fingerprint density at radius 2 is 1.62 bits per heavy atom. The Labute approximate surface area is 123 Å². The monoisotopic (exact) mass is 317 g/mol. The van der Waals surface area contributed by atoms with Crippen LogP contribution in [0.5, 0.6) is 11.5 Å². The second-order valence-corrected chi connectivity index (χ2v) is 4.71. The van der Waals surface area contributed by atoms with Crippen LogP contribution >= 0.6 is 11.6 Å². The number of benzene rings is 2. The molecule has 3 nitrogen and oxygen atoms in total. The normalized spacial score (nSPS) is 13.0. The Kier molecular flexibility index (Phi) is 4.29. The first-order valence-electron chi connectivity index (χ1n) is 5.86. The highest BCUT2D eigenvalue weighted by Crippen LogP contribution is 2.30.